The first-order valence-corrected chi connectivity index (χ1v) is 16.7. The Morgan fingerprint density at radius 2 is 0.800 bits per heavy atom. The molecule has 0 fully saturated rings. The van der Waals surface area contributed by atoms with E-state index in [1.165, 1.54) is 0 Å². The van der Waals surface area contributed by atoms with Gasteiger partial charge in [-0.15, -0.1) is 0 Å². The van der Waals surface area contributed by atoms with E-state index < -0.39 is 0 Å². The molecule has 5 nitrogen and oxygen atoms in total. The average Bonchev–Trinajstić information content (AvgIpc) is 3.54. The van der Waals surface area contributed by atoms with Crippen molar-refractivity contribution in [1.29, 1.82) is 0 Å². The third-order valence-electron chi connectivity index (χ3n) is 9.07. The van der Waals surface area contributed by atoms with Gasteiger partial charge < -0.3 is 4.90 Å². The van der Waals surface area contributed by atoms with Crippen LogP contribution < -0.4 is 4.90 Å². The molecule has 0 aliphatic rings. The maximum Gasteiger partial charge on any atom is 0.238 e. The van der Waals surface area contributed by atoms with E-state index in [0.29, 0.717) is 17.6 Å². The minimum atomic E-state index is 0.581. The molecule has 9 aromatic rings. The zero-order valence-electron chi connectivity index (χ0n) is 27.1. The van der Waals surface area contributed by atoms with Crippen molar-refractivity contribution in [3.8, 4) is 39.9 Å². The summed E-state index contributed by atoms with van der Waals surface area (Å²) in [7, 11) is 0. The van der Waals surface area contributed by atoms with Gasteiger partial charge in [-0.3, -0.25) is 4.57 Å². The molecule has 0 bridgehead atoms. The lowest BCUT2D eigenvalue weighted by atomic mass is 9.98. The first-order valence-electron chi connectivity index (χ1n) is 16.7. The van der Waals surface area contributed by atoms with Crippen LogP contribution in [0.1, 0.15) is 0 Å². The molecule has 7 aromatic carbocycles. The molecule has 0 aliphatic heterocycles. The van der Waals surface area contributed by atoms with E-state index >= 15 is 0 Å². The second-order valence-electron chi connectivity index (χ2n) is 12.1. The Bertz CT molecular complexity index is 2490. The summed E-state index contributed by atoms with van der Waals surface area (Å²) in [6.45, 7) is 0. The van der Waals surface area contributed by atoms with Crippen molar-refractivity contribution in [1.82, 2.24) is 19.5 Å². The zero-order valence-corrected chi connectivity index (χ0v) is 27.1. The van der Waals surface area contributed by atoms with Gasteiger partial charge in [0.25, 0.3) is 0 Å². The summed E-state index contributed by atoms with van der Waals surface area (Å²) in [4.78, 5) is 17.7. The van der Waals surface area contributed by atoms with Gasteiger partial charge in [0.2, 0.25) is 5.95 Å². The van der Waals surface area contributed by atoms with Crippen molar-refractivity contribution >= 4 is 38.9 Å². The van der Waals surface area contributed by atoms with Crippen LogP contribution in [0.5, 0.6) is 0 Å². The largest absolute Gasteiger partial charge is 0.311 e. The molecule has 236 valence electrons. The number of aromatic nitrogens is 4. The van der Waals surface area contributed by atoms with Crippen LogP contribution >= 0.6 is 0 Å². The molecular formula is C45H31N5. The van der Waals surface area contributed by atoms with E-state index in [9.17, 15) is 0 Å². The quantitative estimate of drug-likeness (QED) is 0.174. The van der Waals surface area contributed by atoms with Crippen molar-refractivity contribution < 1.29 is 0 Å². The number of nitrogens with zero attached hydrogens (tertiary/aromatic N) is 5. The van der Waals surface area contributed by atoms with Gasteiger partial charge in [-0.25, -0.2) is 4.98 Å². The number of rotatable bonds is 7. The van der Waals surface area contributed by atoms with Crippen LogP contribution in [0.25, 0.3) is 61.7 Å². The summed E-state index contributed by atoms with van der Waals surface area (Å²) in [5.74, 6) is 1.82. The van der Waals surface area contributed by atoms with E-state index in [2.05, 4.69) is 149 Å². The van der Waals surface area contributed by atoms with Crippen LogP contribution in [0.3, 0.4) is 0 Å². The summed E-state index contributed by atoms with van der Waals surface area (Å²) >= 11 is 0. The normalized spacial score (nSPS) is 11.2. The molecule has 0 unspecified atom stereocenters. The van der Waals surface area contributed by atoms with Gasteiger partial charge in [0.15, 0.2) is 11.6 Å². The Morgan fingerprint density at radius 3 is 1.40 bits per heavy atom. The molecule has 0 amide bonds. The minimum Gasteiger partial charge on any atom is -0.311 e. The molecule has 0 saturated heterocycles. The van der Waals surface area contributed by atoms with Crippen molar-refractivity contribution in [3.05, 3.63) is 188 Å². The molecule has 0 spiro atoms. The fraction of sp³-hybridized carbons (Fsp3) is 0. The second-order valence-corrected chi connectivity index (χ2v) is 12.1. The summed E-state index contributed by atoms with van der Waals surface area (Å²) < 4.78 is 2.15. The third kappa shape index (κ3) is 5.27. The lowest BCUT2D eigenvalue weighted by Crippen LogP contribution is -2.09. The first-order chi connectivity index (χ1) is 24.8. The molecule has 9 rings (SSSR count). The molecule has 0 radical (unpaired) electrons. The zero-order chi connectivity index (χ0) is 33.3. The van der Waals surface area contributed by atoms with Gasteiger partial charge in [0.05, 0.1) is 11.0 Å². The Hall–Kier alpha value is -6.85. The van der Waals surface area contributed by atoms with Crippen molar-refractivity contribution in [2.75, 3.05) is 4.90 Å². The number of hydrogen-bond donors (Lipinski definition) is 0. The lowest BCUT2D eigenvalue weighted by Gasteiger charge is -2.25. The van der Waals surface area contributed by atoms with E-state index in [-0.39, 0.29) is 0 Å². The highest BCUT2D eigenvalue weighted by molar-refractivity contribution is 6.09. The Labute approximate surface area is 290 Å². The number of benzene rings is 7. The number of hydrogen-bond acceptors (Lipinski definition) is 4. The Kier molecular flexibility index (Phi) is 7.41. The minimum absolute atomic E-state index is 0.581. The maximum atomic E-state index is 5.22. The van der Waals surface area contributed by atoms with Gasteiger partial charge in [0.1, 0.15) is 0 Å². The lowest BCUT2D eigenvalue weighted by molar-refractivity contribution is 0.953. The molecule has 2 aromatic heterocycles. The summed E-state index contributed by atoms with van der Waals surface area (Å²) in [5.41, 5.74) is 9.36. The maximum absolute atomic E-state index is 5.22. The van der Waals surface area contributed by atoms with E-state index in [0.717, 1.165) is 61.1 Å². The summed E-state index contributed by atoms with van der Waals surface area (Å²) in [6.07, 6.45) is 0. The molecular weight excluding hydrogens is 611 g/mol. The Morgan fingerprint density at radius 1 is 0.340 bits per heavy atom. The fourth-order valence-corrected chi connectivity index (χ4v) is 6.76. The predicted octanol–water partition coefficient (Wildman–Crippen LogP) is 11.4. The van der Waals surface area contributed by atoms with Crippen LogP contribution in [0.2, 0.25) is 0 Å². The van der Waals surface area contributed by atoms with E-state index in [4.69, 9.17) is 15.0 Å². The van der Waals surface area contributed by atoms with Crippen molar-refractivity contribution in [2.45, 2.75) is 0 Å². The third-order valence-corrected chi connectivity index (χ3v) is 9.07. The number of para-hydroxylation sites is 4. The highest BCUT2D eigenvalue weighted by Gasteiger charge is 2.19. The topological polar surface area (TPSA) is 46.8 Å². The predicted molar refractivity (Wildman–Crippen MR) is 205 cm³/mol. The molecule has 5 heteroatoms. The molecule has 0 aliphatic carbocycles. The van der Waals surface area contributed by atoms with Crippen LogP contribution in [0, 0.1) is 0 Å². The molecule has 50 heavy (non-hydrogen) atoms. The second kappa shape index (κ2) is 12.6. The van der Waals surface area contributed by atoms with Crippen LogP contribution in [-0.2, 0) is 0 Å². The van der Waals surface area contributed by atoms with Gasteiger partial charge in [0, 0.05) is 39.0 Å². The van der Waals surface area contributed by atoms with Crippen LogP contribution in [0.4, 0.5) is 17.1 Å². The monoisotopic (exact) mass is 641 g/mol. The molecule has 0 atom stereocenters. The summed E-state index contributed by atoms with van der Waals surface area (Å²) in [6, 6.07) is 65.0. The highest BCUT2D eigenvalue weighted by atomic mass is 15.2. The van der Waals surface area contributed by atoms with Gasteiger partial charge >= 0.3 is 0 Å². The van der Waals surface area contributed by atoms with Crippen molar-refractivity contribution in [3.63, 3.8) is 0 Å². The molecule has 0 N–H and O–H groups in total. The van der Waals surface area contributed by atoms with Crippen LogP contribution in [0.15, 0.2) is 188 Å². The fourth-order valence-electron chi connectivity index (χ4n) is 6.76. The SMILES string of the molecule is c1ccc(-c2nc(-c3ccccc3-c3ccc(N(c4ccccc4)c4ccccc4)cc3)nc(-n3c4ccccc4c4ccccc43)n2)cc1. The average molecular weight is 642 g/mol. The first kappa shape index (κ1) is 29.3. The molecule has 0 saturated carbocycles. The molecule has 2 heterocycles. The van der Waals surface area contributed by atoms with Crippen LogP contribution in [-0.4, -0.2) is 19.5 Å². The smallest absolute Gasteiger partial charge is 0.238 e. The van der Waals surface area contributed by atoms with E-state index in [1.54, 1.807) is 0 Å². The summed E-state index contributed by atoms with van der Waals surface area (Å²) in [5, 5.41) is 2.32. The standard InChI is InChI=1S/C45H31N5/c1-4-16-33(17-5-1)43-46-44(48-45(47-43)50-41-26-14-12-23-38(41)39-24-13-15-27-42(39)50)40-25-11-10-22-37(40)32-28-30-36(31-29-32)49(34-18-6-2-7-19-34)35-20-8-3-9-21-35/h1-31H. The van der Waals surface area contributed by atoms with Gasteiger partial charge in [-0.05, 0) is 59.7 Å². The van der Waals surface area contributed by atoms with Gasteiger partial charge in [-0.1, -0.05) is 140 Å². The Balaban J connectivity index is 1.20. The number of anilines is 3. The van der Waals surface area contributed by atoms with E-state index in [1.807, 2.05) is 48.5 Å². The highest BCUT2D eigenvalue weighted by Crippen LogP contribution is 2.38. The van der Waals surface area contributed by atoms with Gasteiger partial charge in [-0.2, -0.15) is 9.97 Å². The van der Waals surface area contributed by atoms with Crippen molar-refractivity contribution in [2.24, 2.45) is 0 Å². The number of fused-ring (bicyclic) bond motifs is 3.